The summed E-state index contributed by atoms with van der Waals surface area (Å²) in [5, 5.41) is 0. The Balaban J connectivity index is 1.55. The lowest BCUT2D eigenvalue weighted by Crippen LogP contribution is -2.17. The Morgan fingerprint density at radius 2 is 1.96 bits per heavy atom. The summed E-state index contributed by atoms with van der Waals surface area (Å²) in [4.78, 5) is 29.4. The van der Waals surface area contributed by atoms with Crippen molar-refractivity contribution in [3.8, 4) is 5.75 Å². The number of pyridine rings is 1. The van der Waals surface area contributed by atoms with Crippen LogP contribution in [0, 0.1) is 6.92 Å². The van der Waals surface area contributed by atoms with Crippen LogP contribution in [0.15, 0.2) is 58.4 Å². The number of hydrogen-bond acceptors (Lipinski definition) is 6. The zero-order valence-corrected chi connectivity index (χ0v) is 16.0. The van der Waals surface area contributed by atoms with Gasteiger partial charge in [0.1, 0.15) is 18.0 Å². The molecule has 0 aliphatic carbocycles. The summed E-state index contributed by atoms with van der Waals surface area (Å²) < 4.78 is 12.1. The van der Waals surface area contributed by atoms with Crippen molar-refractivity contribution in [2.24, 2.45) is 0 Å². The molecular formula is C20H20N2O4S. The van der Waals surface area contributed by atoms with Crippen LogP contribution in [-0.2, 0) is 16.1 Å². The van der Waals surface area contributed by atoms with Gasteiger partial charge in [-0.1, -0.05) is 6.07 Å². The maximum absolute atomic E-state index is 12.1. The van der Waals surface area contributed by atoms with Crippen molar-refractivity contribution in [2.45, 2.75) is 25.3 Å². The number of nitrogens with zero attached hydrogens (tertiary/aromatic N) is 2. The van der Waals surface area contributed by atoms with Crippen molar-refractivity contribution in [1.29, 1.82) is 0 Å². The third kappa shape index (κ3) is 5.10. The highest BCUT2D eigenvalue weighted by atomic mass is 32.2. The number of carbonyl (C=O) groups is 1. The van der Waals surface area contributed by atoms with Gasteiger partial charge in [0.2, 0.25) is 0 Å². The monoisotopic (exact) mass is 384 g/mol. The summed E-state index contributed by atoms with van der Waals surface area (Å²) in [6.45, 7) is 4.43. The Bertz CT molecular complexity index is 999. The minimum atomic E-state index is -0.361. The van der Waals surface area contributed by atoms with Crippen LogP contribution in [0.25, 0.3) is 5.65 Å². The molecular weight excluding hydrogens is 364 g/mol. The second kappa shape index (κ2) is 8.73. The fourth-order valence-electron chi connectivity index (χ4n) is 2.47. The van der Waals surface area contributed by atoms with Gasteiger partial charge in [-0.3, -0.25) is 14.0 Å². The lowest BCUT2D eigenvalue weighted by atomic mass is 10.3. The number of aromatic nitrogens is 2. The van der Waals surface area contributed by atoms with E-state index in [-0.39, 0.29) is 23.9 Å². The molecule has 0 aliphatic heterocycles. The lowest BCUT2D eigenvalue weighted by molar-refractivity contribution is -0.141. The minimum Gasteiger partial charge on any atom is -0.494 e. The van der Waals surface area contributed by atoms with Gasteiger partial charge in [0, 0.05) is 17.2 Å². The number of aryl methyl sites for hydroxylation is 1. The normalized spacial score (nSPS) is 10.7. The molecule has 0 bridgehead atoms. The van der Waals surface area contributed by atoms with Crippen molar-refractivity contribution in [3.05, 3.63) is 70.3 Å². The van der Waals surface area contributed by atoms with Crippen LogP contribution >= 0.6 is 11.8 Å². The zero-order chi connectivity index (χ0) is 19.2. The quantitative estimate of drug-likeness (QED) is 0.460. The highest BCUT2D eigenvalue weighted by Gasteiger charge is 2.08. The van der Waals surface area contributed by atoms with Crippen LogP contribution in [0.3, 0.4) is 0 Å². The second-order valence-corrected chi connectivity index (χ2v) is 6.92. The number of benzene rings is 1. The molecule has 0 fully saturated rings. The second-order valence-electron chi connectivity index (χ2n) is 5.87. The number of carbonyl (C=O) groups excluding carboxylic acids is 1. The van der Waals surface area contributed by atoms with Crippen LogP contribution in [-0.4, -0.2) is 27.7 Å². The Morgan fingerprint density at radius 1 is 1.19 bits per heavy atom. The first-order valence-corrected chi connectivity index (χ1v) is 9.54. The molecule has 0 N–H and O–H groups in total. The third-order valence-corrected chi connectivity index (χ3v) is 4.72. The molecule has 0 saturated carbocycles. The number of ether oxygens (including phenoxy) is 2. The molecule has 140 valence electrons. The molecule has 0 unspecified atom stereocenters. The Morgan fingerprint density at radius 3 is 2.70 bits per heavy atom. The fraction of sp³-hybridized carbons (Fsp3) is 0.250. The van der Waals surface area contributed by atoms with Crippen LogP contribution < -0.4 is 10.3 Å². The van der Waals surface area contributed by atoms with E-state index in [1.54, 1.807) is 12.3 Å². The molecule has 0 atom stereocenters. The molecule has 0 amide bonds. The van der Waals surface area contributed by atoms with E-state index in [2.05, 4.69) is 4.98 Å². The van der Waals surface area contributed by atoms with Gasteiger partial charge in [-0.15, -0.1) is 11.8 Å². The van der Waals surface area contributed by atoms with Crippen LogP contribution in [0.2, 0.25) is 0 Å². The van der Waals surface area contributed by atoms with Gasteiger partial charge < -0.3 is 9.47 Å². The van der Waals surface area contributed by atoms with Crippen molar-refractivity contribution >= 4 is 23.4 Å². The molecule has 7 heteroatoms. The van der Waals surface area contributed by atoms with E-state index >= 15 is 0 Å². The number of esters is 1. The van der Waals surface area contributed by atoms with E-state index in [4.69, 9.17) is 9.47 Å². The predicted molar refractivity (Wildman–Crippen MR) is 104 cm³/mol. The van der Waals surface area contributed by atoms with Gasteiger partial charge >= 0.3 is 5.97 Å². The zero-order valence-electron chi connectivity index (χ0n) is 15.2. The van der Waals surface area contributed by atoms with Gasteiger partial charge in [-0.25, -0.2) is 4.98 Å². The summed E-state index contributed by atoms with van der Waals surface area (Å²) in [7, 11) is 0. The van der Waals surface area contributed by atoms with Gasteiger partial charge in [0.15, 0.2) is 0 Å². The first kappa shape index (κ1) is 19.0. The van der Waals surface area contributed by atoms with E-state index < -0.39 is 0 Å². The molecule has 27 heavy (non-hydrogen) atoms. The molecule has 3 rings (SSSR count). The number of rotatable bonds is 7. The number of hydrogen-bond donors (Lipinski definition) is 0. The molecule has 0 radical (unpaired) electrons. The molecule has 1 aromatic carbocycles. The standard InChI is InChI=1S/C20H20N2O4S/c1-3-25-16-5-7-17(8-6-16)27-13-20(24)26-12-15-10-19(23)22-11-14(2)4-9-18(22)21-15/h4-11H,3,12-13H2,1-2H3. The average Bonchev–Trinajstić information content (AvgIpc) is 2.66. The third-order valence-electron chi connectivity index (χ3n) is 3.73. The van der Waals surface area contributed by atoms with Crippen molar-refractivity contribution in [3.63, 3.8) is 0 Å². The summed E-state index contributed by atoms with van der Waals surface area (Å²) >= 11 is 1.38. The van der Waals surface area contributed by atoms with Gasteiger partial charge in [-0.2, -0.15) is 0 Å². The summed E-state index contributed by atoms with van der Waals surface area (Å²) in [5.74, 6) is 0.618. The minimum absolute atomic E-state index is 0.0255. The van der Waals surface area contributed by atoms with Gasteiger partial charge in [0.25, 0.3) is 5.56 Å². The first-order chi connectivity index (χ1) is 13.0. The fourth-order valence-corrected chi connectivity index (χ4v) is 3.17. The Labute approximate surface area is 161 Å². The highest BCUT2D eigenvalue weighted by Crippen LogP contribution is 2.21. The summed E-state index contributed by atoms with van der Waals surface area (Å²) in [5.41, 5.74) is 1.74. The first-order valence-electron chi connectivity index (χ1n) is 8.55. The van der Waals surface area contributed by atoms with Gasteiger partial charge in [-0.05, 0) is 49.7 Å². The van der Waals surface area contributed by atoms with Crippen molar-refractivity contribution in [2.75, 3.05) is 12.4 Å². The molecule has 3 aromatic rings. The molecule has 0 spiro atoms. The lowest BCUT2D eigenvalue weighted by Gasteiger charge is -2.07. The van der Waals surface area contributed by atoms with Crippen LogP contribution in [0.5, 0.6) is 5.75 Å². The Kier molecular flexibility index (Phi) is 6.13. The van der Waals surface area contributed by atoms with E-state index in [1.807, 2.05) is 44.2 Å². The largest absolute Gasteiger partial charge is 0.494 e. The van der Waals surface area contributed by atoms with Crippen LogP contribution in [0.1, 0.15) is 18.2 Å². The molecule has 6 nitrogen and oxygen atoms in total. The summed E-state index contributed by atoms with van der Waals surface area (Å²) in [6, 6.07) is 12.6. The van der Waals surface area contributed by atoms with E-state index in [9.17, 15) is 9.59 Å². The molecule has 2 heterocycles. The maximum Gasteiger partial charge on any atom is 0.316 e. The molecule has 0 aliphatic rings. The Hall–Kier alpha value is -2.80. The predicted octanol–water partition coefficient (Wildman–Crippen LogP) is 3.24. The van der Waals surface area contributed by atoms with E-state index in [0.717, 1.165) is 16.2 Å². The van der Waals surface area contributed by atoms with Crippen molar-refractivity contribution in [1.82, 2.24) is 9.38 Å². The van der Waals surface area contributed by atoms with Crippen molar-refractivity contribution < 1.29 is 14.3 Å². The van der Waals surface area contributed by atoms with Crippen LogP contribution in [0.4, 0.5) is 0 Å². The molecule has 2 aromatic heterocycles. The molecule has 0 saturated heterocycles. The number of fused-ring (bicyclic) bond motifs is 1. The topological polar surface area (TPSA) is 69.9 Å². The highest BCUT2D eigenvalue weighted by molar-refractivity contribution is 8.00. The number of thioether (sulfide) groups is 1. The average molecular weight is 384 g/mol. The maximum atomic E-state index is 12.1. The summed E-state index contributed by atoms with van der Waals surface area (Å²) in [6.07, 6.45) is 1.73. The smallest absolute Gasteiger partial charge is 0.316 e. The van der Waals surface area contributed by atoms with E-state index in [1.165, 1.54) is 22.2 Å². The van der Waals surface area contributed by atoms with Gasteiger partial charge in [0.05, 0.1) is 18.1 Å². The SMILES string of the molecule is CCOc1ccc(SCC(=O)OCc2cc(=O)n3cc(C)ccc3n2)cc1. The van der Waals surface area contributed by atoms with E-state index in [0.29, 0.717) is 17.9 Å².